The number of rotatable bonds is 10. The summed E-state index contributed by atoms with van der Waals surface area (Å²) in [6.07, 6.45) is 0. The predicted molar refractivity (Wildman–Crippen MR) is 70.8 cm³/mol. The smallest absolute Gasteiger partial charge is 0.460 e. The van der Waals surface area contributed by atoms with Crippen molar-refractivity contribution in [3.8, 4) is 0 Å². The average molecular weight is 295 g/mol. The van der Waals surface area contributed by atoms with Crippen molar-refractivity contribution < 1.29 is 27.7 Å². The van der Waals surface area contributed by atoms with Crippen molar-refractivity contribution in [2.75, 3.05) is 47.6 Å². The van der Waals surface area contributed by atoms with Crippen molar-refractivity contribution in [3.63, 3.8) is 0 Å². The second-order valence-electron chi connectivity index (χ2n) is 4.02. The van der Waals surface area contributed by atoms with Crippen LogP contribution in [0, 0.1) is 0 Å². The molecule has 0 radical (unpaired) electrons. The molecule has 0 saturated carbocycles. The lowest BCUT2D eigenvalue weighted by molar-refractivity contribution is -0.139. The first-order chi connectivity index (χ1) is 8.80. The van der Waals surface area contributed by atoms with Crippen molar-refractivity contribution in [2.24, 2.45) is 0 Å². The second kappa shape index (κ2) is 9.23. The number of hydrogen-bond acceptors (Lipinski definition) is 7. The van der Waals surface area contributed by atoms with Gasteiger partial charge in [-0.05, 0) is 21.0 Å². The standard InChI is InChI=1S/C11H22NO6P/c1-10(2)11(13)16-8-9-18-19(14,15-5)17-7-6-12(3)4/h1,6-9H2,2-5H3. The van der Waals surface area contributed by atoms with Crippen LogP contribution in [0.2, 0.25) is 0 Å². The molecule has 0 saturated heterocycles. The molecule has 7 nitrogen and oxygen atoms in total. The number of nitrogens with zero attached hydrogens (tertiary/aromatic N) is 1. The molecule has 1 unspecified atom stereocenters. The molecule has 8 heteroatoms. The number of phosphoric ester groups is 1. The highest BCUT2D eigenvalue weighted by atomic mass is 31.2. The van der Waals surface area contributed by atoms with E-state index in [1.165, 1.54) is 14.0 Å². The van der Waals surface area contributed by atoms with E-state index in [2.05, 4.69) is 6.58 Å². The van der Waals surface area contributed by atoms with Crippen molar-refractivity contribution in [1.82, 2.24) is 4.90 Å². The van der Waals surface area contributed by atoms with Crippen LogP contribution in [0.3, 0.4) is 0 Å². The van der Waals surface area contributed by atoms with Crippen molar-refractivity contribution in [2.45, 2.75) is 6.92 Å². The summed E-state index contributed by atoms with van der Waals surface area (Å²) in [5.74, 6) is -0.524. The van der Waals surface area contributed by atoms with E-state index >= 15 is 0 Å². The second-order valence-corrected chi connectivity index (χ2v) is 5.79. The number of carbonyl (C=O) groups excluding carboxylic acids is 1. The molecule has 0 bridgehead atoms. The van der Waals surface area contributed by atoms with E-state index in [1.54, 1.807) is 0 Å². The first-order valence-electron chi connectivity index (χ1n) is 5.73. The van der Waals surface area contributed by atoms with Crippen LogP contribution < -0.4 is 0 Å². The molecular formula is C11H22NO6P. The Labute approximate surface area is 114 Å². The maximum atomic E-state index is 11.9. The molecule has 0 N–H and O–H groups in total. The largest absolute Gasteiger partial charge is 0.474 e. The van der Waals surface area contributed by atoms with Gasteiger partial charge in [-0.25, -0.2) is 9.36 Å². The minimum absolute atomic E-state index is 0.0456. The molecule has 0 aromatic heterocycles. The van der Waals surface area contributed by atoms with E-state index in [0.29, 0.717) is 6.54 Å². The summed E-state index contributed by atoms with van der Waals surface area (Å²) in [6.45, 7) is 5.64. The molecule has 0 aromatic carbocycles. The van der Waals surface area contributed by atoms with Gasteiger partial charge >= 0.3 is 13.8 Å². The van der Waals surface area contributed by atoms with Gasteiger partial charge in [-0.3, -0.25) is 13.6 Å². The maximum Gasteiger partial charge on any atom is 0.474 e. The van der Waals surface area contributed by atoms with Crippen LogP contribution in [-0.4, -0.2) is 58.4 Å². The SMILES string of the molecule is C=C(C)C(=O)OCCOP(=O)(OC)OCCN(C)C. The minimum atomic E-state index is -3.58. The Bertz CT molecular complexity index is 344. The molecule has 0 heterocycles. The molecular weight excluding hydrogens is 273 g/mol. The van der Waals surface area contributed by atoms with E-state index in [-0.39, 0.29) is 25.4 Å². The lowest BCUT2D eigenvalue weighted by Crippen LogP contribution is -2.18. The van der Waals surface area contributed by atoms with Crippen LogP contribution in [0.4, 0.5) is 0 Å². The Balaban J connectivity index is 3.94. The van der Waals surface area contributed by atoms with Gasteiger partial charge in [-0.2, -0.15) is 0 Å². The number of ether oxygens (including phenoxy) is 1. The third-order valence-corrected chi connectivity index (χ3v) is 3.37. The molecule has 0 spiro atoms. The van der Waals surface area contributed by atoms with E-state index in [4.69, 9.17) is 18.3 Å². The quantitative estimate of drug-likeness (QED) is 0.261. The highest BCUT2D eigenvalue weighted by molar-refractivity contribution is 7.48. The summed E-state index contributed by atoms with van der Waals surface area (Å²) in [4.78, 5) is 12.9. The fourth-order valence-corrected chi connectivity index (χ4v) is 1.77. The van der Waals surface area contributed by atoms with Gasteiger partial charge in [-0.1, -0.05) is 6.58 Å². The van der Waals surface area contributed by atoms with E-state index < -0.39 is 13.8 Å². The summed E-state index contributed by atoms with van der Waals surface area (Å²) in [6, 6.07) is 0. The molecule has 0 aromatic rings. The first kappa shape index (κ1) is 18.3. The van der Waals surface area contributed by atoms with Gasteiger partial charge in [-0.15, -0.1) is 0 Å². The van der Waals surface area contributed by atoms with Gasteiger partial charge in [0, 0.05) is 19.2 Å². The summed E-state index contributed by atoms with van der Waals surface area (Å²) >= 11 is 0. The van der Waals surface area contributed by atoms with Crippen molar-refractivity contribution >= 4 is 13.8 Å². The Morgan fingerprint density at radius 1 is 1.21 bits per heavy atom. The van der Waals surface area contributed by atoms with E-state index in [0.717, 1.165) is 0 Å². The Hall–Kier alpha value is -0.720. The molecule has 19 heavy (non-hydrogen) atoms. The Kier molecular flexibility index (Phi) is 8.88. The molecule has 0 rings (SSSR count). The predicted octanol–water partition coefficient (Wildman–Crippen LogP) is 1.46. The van der Waals surface area contributed by atoms with Gasteiger partial charge in [0.15, 0.2) is 0 Å². The zero-order chi connectivity index (χ0) is 14.9. The van der Waals surface area contributed by atoms with Crippen LogP contribution in [0.25, 0.3) is 0 Å². The average Bonchev–Trinajstić information content (AvgIpc) is 2.33. The summed E-state index contributed by atoms with van der Waals surface area (Å²) in [7, 11) is 1.37. The highest BCUT2D eigenvalue weighted by Crippen LogP contribution is 2.48. The zero-order valence-corrected chi connectivity index (χ0v) is 12.8. The normalized spacial score (nSPS) is 14.2. The lowest BCUT2D eigenvalue weighted by atomic mass is 10.4. The van der Waals surface area contributed by atoms with E-state index in [9.17, 15) is 9.36 Å². The molecule has 0 aliphatic heterocycles. The van der Waals surface area contributed by atoms with Gasteiger partial charge in [0.2, 0.25) is 0 Å². The zero-order valence-electron chi connectivity index (χ0n) is 11.9. The van der Waals surface area contributed by atoms with Crippen LogP contribution in [-0.2, 0) is 27.7 Å². The highest BCUT2D eigenvalue weighted by Gasteiger charge is 2.24. The summed E-state index contributed by atoms with van der Waals surface area (Å²) in [5.41, 5.74) is 0.289. The third-order valence-electron chi connectivity index (χ3n) is 1.93. The first-order valence-corrected chi connectivity index (χ1v) is 7.19. The molecule has 0 fully saturated rings. The fourth-order valence-electron chi connectivity index (χ4n) is 0.885. The van der Waals surface area contributed by atoms with Gasteiger partial charge in [0.25, 0.3) is 0 Å². The number of carbonyl (C=O) groups is 1. The van der Waals surface area contributed by atoms with Crippen LogP contribution in [0.1, 0.15) is 6.92 Å². The monoisotopic (exact) mass is 295 g/mol. The molecule has 0 aliphatic rings. The summed E-state index contributed by atoms with van der Waals surface area (Å²) < 4.78 is 31.4. The number of phosphoric acid groups is 1. The Morgan fingerprint density at radius 2 is 1.79 bits per heavy atom. The summed E-state index contributed by atoms with van der Waals surface area (Å²) in [5, 5.41) is 0. The molecule has 0 aliphatic carbocycles. The van der Waals surface area contributed by atoms with Gasteiger partial charge in [0.05, 0.1) is 13.2 Å². The Morgan fingerprint density at radius 3 is 2.26 bits per heavy atom. The van der Waals surface area contributed by atoms with Crippen LogP contribution >= 0.6 is 7.82 Å². The van der Waals surface area contributed by atoms with Crippen molar-refractivity contribution in [1.29, 1.82) is 0 Å². The maximum absolute atomic E-state index is 11.9. The van der Waals surface area contributed by atoms with Crippen LogP contribution in [0.5, 0.6) is 0 Å². The molecule has 1 atom stereocenters. The topological polar surface area (TPSA) is 74.3 Å². The number of esters is 1. The van der Waals surface area contributed by atoms with Gasteiger partial charge in [0.1, 0.15) is 6.61 Å². The number of hydrogen-bond donors (Lipinski definition) is 0. The lowest BCUT2D eigenvalue weighted by Gasteiger charge is -2.17. The molecule has 0 amide bonds. The fraction of sp³-hybridized carbons (Fsp3) is 0.727. The van der Waals surface area contributed by atoms with Crippen molar-refractivity contribution in [3.05, 3.63) is 12.2 Å². The minimum Gasteiger partial charge on any atom is -0.460 e. The van der Waals surface area contributed by atoms with E-state index in [1.807, 2.05) is 19.0 Å². The molecule has 112 valence electrons. The van der Waals surface area contributed by atoms with Crippen LogP contribution in [0.15, 0.2) is 12.2 Å². The van der Waals surface area contributed by atoms with Gasteiger partial charge < -0.3 is 9.64 Å². The third kappa shape index (κ3) is 8.91. The number of likely N-dealkylation sites (N-methyl/N-ethyl adjacent to an activating group) is 1.